The molecule has 0 aliphatic heterocycles. The van der Waals surface area contributed by atoms with Gasteiger partial charge in [0, 0.05) is 12.2 Å². The largest absolute Gasteiger partial charge is 0.345 e. The molecule has 0 saturated carbocycles. The van der Waals surface area contributed by atoms with Crippen molar-refractivity contribution in [3.8, 4) is 0 Å². The topological polar surface area (TPSA) is 46.9 Å². The Morgan fingerprint density at radius 2 is 2.05 bits per heavy atom. The molecule has 1 heterocycles. The standard InChI is InChI=1S/C15H19N3O/c1-4-18-12(3)14(10-16-18)15(19)17-11(2)13-8-6-5-7-9-13/h5-11H,4H2,1-3H3,(H,17,19). The number of rotatable bonds is 4. The second kappa shape index (κ2) is 5.69. The first-order valence-electron chi connectivity index (χ1n) is 6.51. The highest BCUT2D eigenvalue weighted by Gasteiger charge is 2.16. The maximum atomic E-state index is 12.2. The van der Waals surface area contributed by atoms with E-state index in [1.54, 1.807) is 6.20 Å². The molecule has 0 radical (unpaired) electrons. The monoisotopic (exact) mass is 257 g/mol. The van der Waals surface area contributed by atoms with Crippen LogP contribution >= 0.6 is 0 Å². The summed E-state index contributed by atoms with van der Waals surface area (Å²) in [5, 5.41) is 7.19. The summed E-state index contributed by atoms with van der Waals surface area (Å²) in [6.07, 6.45) is 1.63. The predicted molar refractivity (Wildman–Crippen MR) is 75.0 cm³/mol. The van der Waals surface area contributed by atoms with Crippen molar-refractivity contribution in [2.75, 3.05) is 0 Å². The molecule has 1 unspecified atom stereocenters. The van der Waals surface area contributed by atoms with Gasteiger partial charge in [0.15, 0.2) is 0 Å². The first-order valence-corrected chi connectivity index (χ1v) is 6.51. The van der Waals surface area contributed by atoms with Gasteiger partial charge in [0.2, 0.25) is 0 Å². The van der Waals surface area contributed by atoms with E-state index in [0.717, 1.165) is 17.8 Å². The van der Waals surface area contributed by atoms with Crippen molar-refractivity contribution in [2.24, 2.45) is 0 Å². The van der Waals surface area contributed by atoms with Gasteiger partial charge in [-0.2, -0.15) is 5.10 Å². The molecule has 0 aliphatic rings. The molecule has 1 amide bonds. The number of amides is 1. The van der Waals surface area contributed by atoms with Gasteiger partial charge in [-0.15, -0.1) is 0 Å². The summed E-state index contributed by atoms with van der Waals surface area (Å²) in [5.41, 5.74) is 2.64. The van der Waals surface area contributed by atoms with E-state index in [4.69, 9.17) is 0 Å². The summed E-state index contributed by atoms with van der Waals surface area (Å²) in [6, 6.07) is 9.91. The van der Waals surface area contributed by atoms with Crippen molar-refractivity contribution in [3.05, 3.63) is 53.3 Å². The van der Waals surface area contributed by atoms with Crippen LogP contribution in [0.1, 0.15) is 41.5 Å². The van der Waals surface area contributed by atoms with Crippen LogP contribution in [-0.2, 0) is 6.54 Å². The third-order valence-electron chi connectivity index (χ3n) is 3.29. The lowest BCUT2D eigenvalue weighted by Crippen LogP contribution is -2.27. The first kappa shape index (κ1) is 13.3. The molecule has 2 rings (SSSR count). The van der Waals surface area contributed by atoms with Gasteiger partial charge in [0.25, 0.3) is 5.91 Å². The number of nitrogens with zero attached hydrogens (tertiary/aromatic N) is 2. The molecule has 100 valence electrons. The number of carbonyl (C=O) groups excluding carboxylic acids is 1. The normalized spacial score (nSPS) is 12.2. The Morgan fingerprint density at radius 3 is 2.63 bits per heavy atom. The molecule has 1 atom stereocenters. The van der Waals surface area contributed by atoms with E-state index < -0.39 is 0 Å². The van der Waals surface area contributed by atoms with Crippen LogP contribution in [0.2, 0.25) is 0 Å². The Balaban J connectivity index is 2.11. The third kappa shape index (κ3) is 2.84. The van der Waals surface area contributed by atoms with Crippen molar-refractivity contribution < 1.29 is 4.79 Å². The van der Waals surface area contributed by atoms with Crippen LogP contribution in [0, 0.1) is 6.92 Å². The fraction of sp³-hybridized carbons (Fsp3) is 0.333. The molecule has 0 fully saturated rings. The van der Waals surface area contributed by atoms with Crippen molar-refractivity contribution in [1.29, 1.82) is 0 Å². The van der Waals surface area contributed by atoms with Gasteiger partial charge in [0.05, 0.1) is 17.8 Å². The molecule has 0 aliphatic carbocycles. The van der Waals surface area contributed by atoms with E-state index in [0.29, 0.717) is 5.56 Å². The lowest BCUT2D eigenvalue weighted by molar-refractivity contribution is 0.0939. The zero-order chi connectivity index (χ0) is 13.8. The summed E-state index contributed by atoms with van der Waals surface area (Å²) in [4.78, 5) is 12.2. The van der Waals surface area contributed by atoms with Crippen LogP contribution in [-0.4, -0.2) is 15.7 Å². The summed E-state index contributed by atoms with van der Waals surface area (Å²) in [7, 11) is 0. The Bertz CT molecular complexity index is 560. The molecule has 19 heavy (non-hydrogen) atoms. The lowest BCUT2D eigenvalue weighted by Gasteiger charge is -2.14. The van der Waals surface area contributed by atoms with Gasteiger partial charge >= 0.3 is 0 Å². The van der Waals surface area contributed by atoms with E-state index in [2.05, 4.69) is 10.4 Å². The van der Waals surface area contributed by atoms with Crippen molar-refractivity contribution >= 4 is 5.91 Å². The highest BCUT2D eigenvalue weighted by Crippen LogP contribution is 2.13. The van der Waals surface area contributed by atoms with Crippen LogP contribution in [0.4, 0.5) is 0 Å². The van der Waals surface area contributed by atoms with E-state index in [1.165, 1.54) is 0 Å². The van der Waals surface area contributed by atoms with Gasteiger partial charge in [-0.3, -0.25) is 9.48 Å². The lowest BCUT2D eigenvalue weighted by atomic mass is 10.1. The fourth-order valence-corrected chi connectivity index (χ4v) is 2.09. The second-order valence-electron chi connectivity index (χ2n) is 4.57. The minimum absolute atomic E-state index is 0.0157. The summed E-state index contributed by atoms with van der Waals surface area (Å²) in [6.45, 7) is 6.67. The molecule has 1 aromatic heterocycles. The van der Waals surface area contributed by atoms with Crippen LogP contribution in [0.5, 0.6) is 0 Å². The molecule has 1 aromatic carbocycles. The third-order valence-corrected chi connectivity index (χ3v) is 3.29. The Morgan fingerprint density at radius 1 is 1.37 bits per heavy atom. The van der Waals surface area contributed by atoms with E-state index in [9.17, 15) is 4.79 Å². The van der Waals surface area contributed by atoms with Gasteiger partial charge < -0.3 is 5.32 Å². The molecule has 0 bridgehead atoms. The Labute approximate surface area is 113 Å². The number of hydrogen-bond acceptors (Lipinski definition) is 2. The summed E-state index contributed by atoms with van der Waals surface area (Å²) in [5.74, 6) is -0.0754. The molecule has 4 heteroatoms. The Kier molecular flexibility index (Phi) is 4.00. The van der Waals surface area contributed by atoms with Crippen LogP contribution in [0.25, 0.3) is 0 Å². The molecule has 0 spiro atoms. The van der Waals surface area contributed by atoms with Gasteiger partial charge in [-0.1, -0.05) is 30.3 Å². The highest BCUT2D eigenvalue weighted by molar-refractivity contribution is 5.95. The molecule has 2 aromatic rings. The maximum Gasteiger partial charge on any atom is 0.255 e. The van der Waals surface area contributed by atoms with Gasteiger partial charge in [-0.25, -0.2) is 0 Å². The van der Waals surface area contributed by atoms with E-state index >= 15 is 0 Å². The molecule has 1 N–H and O–H groups in total. The zero-order valence-electron chi connectivity index (χ0n) is 11.6. The van der Waals surface area contributed by atoms with Crippen LogP contribution in [0.3, 0.4) is 0 Å². The number of hydrogen-bond donors (Lipinski definition) is 1. The molecular weight excluding hydrogens is 238 g/mol. The number of aromatic nitrogens is 2. The molecule has 0 saturated heterocycles. The van der Waals surface area contributed by atoms with E-state index in [1.807, 2.05) is 55.8 Å². The number of aryl methyl sites for hydroxylation is 1. The smallest absolute Gasteiger partial charge is 0.255 e. The minimum atomic E-state index is -0.0754. The average molecular weight is 257 g/mol. The number of carbonyl (C=O) groups is 1. The summed E-state index contributed by atoms with van der Waals surface area (Å²) >= 11 is 0. The Hall–Kier alpha value is -2.10. The van der Waals surface area contributed by atoms with Crippen molar-refractivity contribution in [2.45, 2.75) is 33.4 Å². The SMILES string of the molecule is CCn1ncc(C(=O)NC(C)c2ccccc2)c1C. The van der Waals surface area contributed by atoms with E-state index in [-0.39, 0.29) is 11.9 Å². The maximum absolute atomic E-state index is 12.2. The number of benzene rings is 1. The van der Waals surface area contributed by atoms with Crippen LogP contribution in [0.15, 0.2) is 36.5 Å². The highest BCUT2D eigenvalue weighted by atomic mass is 16.1. The second-order valence-corrected chi connectivity index (χ2v) is 4.57. The average Bonchev–Trinajstić information content (AvgIpc) is 2.80. The zero-order valence-corrected chi connectivity index (χ0v) is 11.6. The van der Waals surface area contributed by atoms with Crippen LogP contribution < -0.4 is 5.32 Å². The minimum Gasteiger partial charge on any atom is -0.345 e. The van der Waals surface area contributed by atoms with Gasteiger partial charge in [0.1, 0.15) is 0 Å². The number of nitrogens with one attached hydrogen (secondary N) is 1. The quantitative estimate of drug-likeness (QED) is 0.915. The van der Waals surface area contributed by atoms with Crippen molar-refractivity contribution in [1.82, 2.24) is 15.1 Å². The van der Waals surface area contributed by atoms with Crippen molar-refractivity contribution in [3.63, 3.8) is 0 Å². The predicted octanol–water partition coefficient (Wildman–Crippen LogP) is 2.70. The fourth-order valence-electron chi connectivity index (χ4n) is 2.09. The first-order chi connectivity index (χ1) is 9.13. The molecular formula is C15H19N3O. The van der Waals surface area contributed by atoms with Gasteiger partial charge in [-0.05, 0) is 26.3 Å². The molecule has 4 nitrogen and oxygen atoms in total. The summed E-state index contributed by atoms with van der Waals surface area (Å²) < 4.78 is 1.82.